The lowest BCUT2D eigenvalue weighted by Crippen LogP contribution is -2.66. The van der Waals surface area contributed by atoms with Crippen molar-refractivity contribution in [3.05, 3.63) is 86.5 Å². The van der Waals surface area contributed by atoms with Crippen molar-refractivity contribution < 1.29 is 29.7 Å². The third-order valence-electron chi connectivity index (χ3n) is 12.9. The number of benzene rings is 3. The van der Waals surface area contributed by atoms with Crippen LogP contribution in [0.5, 0.6) is 17.2 Å². The van der Waals surface area contributed by atoms with Crippen molar-refractivity contribution in [2.75, 3.05) is 13.2 Å². The van der Waals surface area contributed by atoms with E-state index in [1.54, 1.807) is 4.90 Å². The van der Waals surface area contributed by atoms with Crippen molar-refractivity contribution >= 4 is 17.6 Å². The fraction of sp³-hybridized carbons (Fsp3) is 0.611. The number of nitrogens with zero attached hydrogens (tertiary/aromatic N) is 2. The number of hydrogen-bond donors (Lipinski definition) is 4. The molecule has 4 rings (SSSR count). The zero-order chi connectivity index (χ0) is 48.5. The molecule has 0 aliphatic carbocycles. The normalized spacial score (nSPS) is 17.4. The molecule has 0 bridgehead atoms. The second-order valence-electron chi connectivity index (χ2n) is 24.6. The van der Waals surface area contributed by atoms with E-state index in [0.717, 1.165) is 50.1 Å². The Bertz CT molecular complexity index is 1870. The minimum Gasteiger partial charge on any atom is -0.507 e. The van der Waals surface area contributed by atoms with Crippen LogP contribution < -0.4 is 5.43 Å². The van der Waals surface area contributed by atoms with Crippen molar-refractivity contribution in [2.45, 2.75) is 202 Å². The van der Waals surface area contributed by atoms with Gasteiger partial charge in [-0.2, -0.15) is 0 Å². The van der Waals surface area contributed by atoms with E-state index in [-0.39, 0.29) is 48.1 Å². The standard InChI is InChI=1S/C54H81N3O6/c1-30(33-22-36(49(4,5)6)44(59)37(23-33)50(7,8)9)43(58)42-28-56(47(62)31(2)34-24-38(51(10,11)12)45(60)39(25-34)52(13,14)15)29-57(55-42)48(63)32(3)35-26-40(53(16,17)18)46(61)41(27-35)54(19,20)21/h22-27,30-32,42,55,59-61H,28-29H2,1-21H3. The summed E-state index contributed by atoms with van der Waals surface area (Å²) in [6, 6.07) is 10.5. The van der Waals surface area contributed by atoms with E-state index in [1.165, 1.54) is 5.01 Å². The Morgan fingerprint density at radius 1 is 0.476 bits per heavy atom. The lowest BCUT2D eigenvalue weighted by Gasteiger charge is -2.43. The van der Waals surface area contributed by atoms with E-state index in [0.29, 0.717) is 0 Å². The predicted octanol–water partition coefficient (Wildman–Crippen LogP) is 11.4. The van der Waals surface area contributed by atoms with Crippen molar-refractivity contribution in [1.29, 1.82) is 0 Å². The lowest BCUT2D eigenvalue weighted by atomic mass is 9.76. The van der Waals surface area contributed by atoms with Gasteiger partial charge in [0.05, 0.1) is 11.8 Å². The first-order chi connectivity index (χ1) is 28.3. The van der Waals surface area contributed by atoms with Gasteiger partial charge >= 0.3 is 0 Å². The molecule has 1 aliphatic rings. The predicted molar refractivity (Wildman–Crippen MR) is 257 cm³/mol. The van der Waals surface area contributed by atoms with Crippen molar-refractivity contribution in [3.8, 4) is 17.2 Å². The van der Waals surface area contributed by atoms with Crippen LogP contribution in [-0.2, 0) is 46.9 Å². The van der Waals surface area contributed by atoms with Crippen LogP contribution in [0, 0.1) is 0 Å². The monoisotopic (exact) mass is 868 g/mol. The fourth-order valence-electron chi connectivity index (χ4n) is 8.57. The maximum absolute atomic E-state index is 15.0. The summed E-state index contributed by atoms with van der Waals surface area (Å²) in [5, 5.41) is 35.9. The van der Waals surface area contributed by atoms with Gasteiger partial charge in [0.2, 0.25) is 11.8 Å². The Hall–Kier alpha value is -4.37. The quantitative estimate of drug-likeness (QED) is 0.186. The minimum atomic E-state index is -0.948. The van der Waals surface area contributed by atoms with Crippen molar-refractivity contribution in [3.63, 3.8) is 0 Å². The molecule has 1 fully saturated rings. The highest BCUT2D eigenvalue weighted by Crippen LogP contribution is 2.45. The number of rotatable bonds is 7. The van der Waals surface area contributed by atoms with E-state index >= 15 is 0 Å². The van der Waals surface area contributed by atoms with Gasteiger partial charge in [-0.1, -0.05) is 168 Å². The molecule has 348 valence electrons. The molecule has 0 saturated carbocycles. The topological polar surface area (TPSA) is 130 Å². The second-order valence-corrected chi connectivity index (χ2v) is 24.6. The van der Waals surface area contributed by atoms with E-state index < -0.39 is 56.3 Å². The van der Waals surface area contributed by atoms with E-state index in [2.05, 4.69) is 5.43 Å². The molecule has 63 heavy (non-hydrogen) atoms. The molecule has 4 unspecified atom stereocenters. The summed E-state index contributed by atoms with van der Waals surface area (Å²) in [6.45, 7) is 42.1. The Balaban J connectivity index is 1.87. The second kappa shape index (κ2) is 17.2. The van der Waals surface area contributed by atoms with Gasteiger partial charge in [0.15, 0.2) is 5.78 Å². The molecule has 1 aliphatic heterocycles. The SMILES string of the molecule is CC(C(=O)C1CN(C(=O)C(C)c2cc(C(C)(C)C)c(O)c(C(C)(C)C)c2)CN(C(=O)C(C)c2cc(C(C)(C)C)c(O)c(C(C)(C)C)c2)N1)c1cc(C(C)(C)C)c(O)c(C(C)(C)C)c1. The maximum atomic E-state index is 15.0. The molecule has 0 spiro atoms. The summed E-state index contributed by atoms with van der Waals surface area (Å²) in [6.07, 6.45) is 0. The summed E-state index contributed by atoms with van der Waals surface area (Å²) < 4.78 is 0. The third kappa shape index (κ3) is 10.9. The first-order valence-corrected chi connectivity index (χ1v) is 22.8. The van der Waals surface area contributed by atoms with Crippen LogP contribution in [0.4, 0.5) is 0 Å². The number of carbonyl (C=O) groups excluding carboxylic acids is 3. The van der Waals surface area contributed by atoms with Gasteiger partial charge < -0.3 is 20.2 Å². The summed E-state index contributed by atoms with van der Waals surface area (Å²) in [4.78, 5) is 46.4. The number of Topliss-reactive ketones (excluding diaryl/α,β-unsaturated/α-hetero) is 1. The summed E-state index contributed by atoms with van der Waals surface area (Å²) >= 11 is 0. The third-order valence-corrected chi connectivity index (χ3v) is 12.9. The molecular formula is C54H81N3O6. The largest absolute Gasteiger partial charge is 0.507 e. The maximum Gasteiger partial charge on any atom is 0.245 e. The number of ketones is 1. The fourth-order valence-corrected chi connectivity index (χ4v) is 8.57. The Morgan fingerprint density at radius 2 is 0.730 bits per heavy atom. The lowest BCUT2D eigenvalue weighted by molar-refractivity contribution is -0.152. The van der Waals surface area contributed by atoms with Crippen LogP contribution in [0.15, 0.2) is 36.4 Å². The van der Waals surface area contributed by atoms with Gasteiger partial charge in [0.1, 0.15) is 30.0 Å². The molecule has 0 aromatic heterocycles. The van der Waals surface area contributed by atoms with Gasteiger partial charge in [0.25, 0.3) is 0 Å². The highest BCUT2D eigenvalue weighted by molar-refractivity contribution is 5.93. The number of hydrazine groups is 1. The number of carbonyl (C=O) groups is 3. The number of nitrogens with one attached hydrogen (secondary N) is 1. The van der Waals surface area contributed by atoms with Crippen molar-refractivity contribution in [2.24, 2.45) is 0 Å². The van der Waals surface area contributed by atoms with Gasteiger partial charge in [-0.05, 0) is 96.4 Å². The number of hydrogen-bond acceptors (Lipinski definition) is 7. The number of aromatic hydroxyl groups is 3. The van der Waals surface area contributed by atoms with Crippen LogP contribution >= 0.6 is 0 Å². The highest BCUT2D eigenvalue weighted by Gasteiger charge is 2.41. The van der Waals surface area contributed by atoms with Gasteiger partial charge in [0, 0.05) is 12.5 Å². The molecule has 0 radical (unpaired) electrons. The molecule has 4 N–H and O–H groups in total. The van der Waals surface area contributed by atoms with Crippen LogP contribution in [0.2, 0.25) is 0 Å². The van der Waals surface area contributed by atoms with Gasteiger partial charge in [-0.25, -0.2) is 5.43 Å². The van der Waals surface area contributed by atoms with Crippen LogP contribution in [-0.4, -0.2) is 62.1 Å². The molecule has 1 heterocycles. The Labute approximate surface area is 380 Å². The van der Waals surface area contributed by atoms with Crippen LogP contribution in [0.1, 0.15) is 213 Å². The van der Waals surface area contributed by atoms with Crippen LogP contribution in [0.25, 0.3) is 0 Å². The molecule has 9 heteroatoms. The molecule has 1 saturated heterocycles. The summed E-state index contributed by atoms with van der Waals surface area (Å²) in [7, 11) is 0. The van der Waals surface area contributed by atoms with Crippen LogP contribution in [0.3, 0.4) is 0 Å². The van der Waals surface area contributed by atoms with Crippen molar-refractivity contribution in [1.82, 2.24) is 15.3 Å². The average molecular weight is 868 g/mol. The Kier molecular flexibility index (Phi) is 14.0. The molecule has 9 nitrogen and oxygen atoms in total. The number of amides is 2. The van der Waals surface area contributed by atoms with Gasteiger partial charge in [-0.3, -0.25) is 19.4 Å². The smallest absolute Gasteiger partial charge is 0.245 e. The van der Waals surface area contributed by atoms with Gasteiger partial charge in [-0.15, -0.1) is 0 Å². The van der Waals surface area contributed by atoms with E-state index in [9.17, 15) is 29.7 Å². The van der Waals surface area contributed by atoms with E-state index in [4.69, 9.17) is 0 Å². The molecule has 2 amide bonds. The first-order valence-electron chi connectivity index (χ1n) is 22.8. The zero-order valence-corrected chi connectivity index (χ0v) is 42.6. The molecule has 3 aromatic rings. The molecular weight excluding hydrogens is 787 g/mol. The Morgan fingerprint density at radius 3 is 1.00 bits per heavy atom. The average Bonchev–Trinajstić information content (AvgIpc) is 3.13. The summed E-state index contributed by atoms with van der Waals surface area (Å²) in [5.41, 5.74) is 7.49. The summed E-state index contributed by atoms with van der Waals surface area (Å²) in [5.74, 6) is -2.13. The minimum absolute atomic E-state index is 0.0265. The number of phenols is 3. The first kappa shape index (κ1) is 51.3. The van der Waals surface area contributed by atoms with E-state index in [1.807, 2.05) is 182 Å². The molecule has 4 atom stereocenters. The number of phenolic OH excluding ortho intramolecular Hbond substituents is 3. The highest BCUT2D eigenvalue weighted by atomic mass is 16.3. The zero-order valence-electron chi connectivity index (χ0n) is 42.6. The molecule has 3 aromatic carbocycles.